The summed E-state index contributed by atoms with van der Waals surface area (Å²) in [5.41, 5.74) is -0.0806. The van der Waals surface area contributed by atoms with Crippen molar-refractivity contribution in [2.45, 2.75) is 115 Å². The average molecular weight is 1690 g/mol. The molecule has 0 aliphatic carbocycles. The normalized spacial score (nSPS) is 20.7. The summed E-state index contributed by atoms with van der Waals surface area (Å²) in [6.45, 7) is -21.0. The molecule has 0 amide bonds. The highest BCUT2D eigenvalue weighted by molar-refractivity contribution is 5.38. The molecule has 0 fully saturated rings. The topological polar surface area (TPSA) is 128 Å². The molecule has 12 aromatic rings. The third-order valence-corrected chi connectivity index (χ3v) is 15.8. The van der Waals surface area contributed by atoms with E-state index in [4.69, 9.17) is 99.7 Å². The average Bonchev–Trinajstić information content (AvgIpc) is 0.706. The van der Waals surface area contributed by atoms with E-state index in [1.165, 1.54) is 10.6 Å². The van der Waals surface area contributed by atoms with E-state index in [2.05, 4.69) is 10.6 Å². The Hall–Kier alpha value is -11.2. The lowest BCUT2D eigenvalue weighted by Gasteiger charge is -2.20. The molecule has 120 heavy (non-hydrogen) atoms. The van der Waals surface area contributed by atoms with E-state index in [0.29, 0.717) is 41.3 Å². The zero-order valence-electron chi connectivity index (χ0n) is 117. The Morgan fingerprint density at radius 3 is 0.967 bits per heavy atom. The Bertz CT molecular complexity index is 7240. The van der Waals surface area contributed by atoms with Crippen molar-refractivity contribution in [3.8, 4) is 34.5 Å². The number of aryl methyl sites for hydroxylation is 4. The first-order chi connectivity index (χ1) is 78.4. The zero-order chi connectivity index (χ0) is 131. The van der Waals surface area contributed by atoms with Crippen molar-refractivity contribution in [2.75, 3.05) is 80.9 Å². The summed E-state index contributed by atoms with van der Waals surface area (Å²) in [7, 11) is 0. The van der Waals surface area contributed by atoms with Gasteiger partial charge in [0.1, 0.15) is 71.1 Å². The standard InChI is InChI=1S/2C17H18F3NO.4C17H21NO/c2*1-21-12-11-16(13-5-3-2-4-6-13)22-15-9-7-14(8-10-15)17(18,19)20;4*1-14-8-6-7-11-16(14)19-17(12-13-18-2)15-9-4-3-5-10-15/h2*2-10,16,21H,11-12H2,1H3;4*3-11,17-18H,12-13H2,1-2H3/i1D3,2D,3D,4D,5D,6D,7D,8D,9D,10D,11D2,12D2,16D;1D3,2D,3D,4D,5D,6D,7D,8D,9D,10D,12D2,16D;2D3,12D2,13D2;2D3,13D2;2D3,12D2;2D3. The summed E-state index contributed by atoms with van der Waals surface area (Å²) in [5, 5.41) is 11.4. The number of para-hydroxylation sites is 4. The quantitative estimate of drug-likeness (QED) is 0.0209. The zero-order valence-corrected chi connectivity index (χ0v) is 64.8. The van der Waals surface area contributed by atoms with Crippen LogP contribution in [-0.2, 0) is 12.4 Å². The summed E-state index contributed by atoms with van der Waals surface area (Å²) in [4.78, 5) is 0. The molecule has 0 saturated heterocycles. The molecule has 12 nitrogen and oxygen atoms in total. The van der Waals surface area contributed by atoms with E-state index in [1.807, 2.05) is 166 Å². The minimum absolute atomic E-state index is 0.135. The van der Waals surface area contributed by atoms with Gasteiger partial charge in [-0.1, -0.05) is 255 Å². The van der Waals surface area contributed by atoms with Crippen LogP contribution in [0.15, 0.2) is 327 Å². The van der Waals surface area contributed by atoms with Crippen molar-refractivity contribution >= 4 is 0 Å². The highest BCUT2D eigenvalue weighted by Gasteiger charge is 2.32. The first kappa shape index (κ1) is 45.4. The predicted molar refractivity (Wildman–Crippen MR) is 478 cm³/mol. The molecule has 0 radical (unpaired) electrons. The van der Waals surface area contributed by atoms with Crippen molar-refractivity contribution in [3.63, 3.8) is 0 Å². The minimum atomic E-state index is -5.42. The highest BCUT2D eigenvalue weighted by Crippen LogP contribution is 2.36. The SMILES string of the molecule is [2H]C([2H])([2H])NC([2H])([2H])C([2H])([2H])C(Oc1ccccc1C)c1ccccc1.[2H]C([2H])([2H])NC([2H])([2H])CC(Oc1ccccc1C)c1ccccc1.[2H]C([2H])([2H])NCC([2H])([2H])C(Oc1ccccc1C)c1ccccc1.[2H]C([2H])([2H])NCCC(Oc1ccccc1C)c1ccccc1.[2H]c1c([2H])c([2H])c(C([2H])(CC([2H])([2H])NC([2H])([2H])[2H])Oc2c([2H])c([2H])c(C(F)(F)F)c([2H])c2[2H])c([2H])c1[2H].[2H]c1c([2H])c([2H])c(C([2H])(Oc2c([2H])c([2H])c(C(F)(F)F)c([2H])c2[2H])C([2H])([2H])C([2H])([2H])NC([2H])([2H])[2H])c([2H])c1[2H]. The second-order valence-corrected chi connectivity index (χ2v) is 24.3. The van der Waals surface area contributed by atoms with E-state index < -0.39 is 279 Å². The van der Waals surface area contributed by atoms with Crippen LogP contribution >= 0.6 is 0 Å². The van der Waals surface area contributed by atoms with Gasteiger partial charge >= 0.3 is 12.4 Å². The van der Waals surface area contributed by atoms with Crippen LogP contribution in [0, 0.1) is 27.7 Å². The lowest BCUT2D eigenvalue weighted by molar-refractivity contribution is -0.138. The van der Waals surface area contributed by atoms with Gasteiger partial charge in [0, 0.05) is 82.2 Å². The van der Waals surface area contributed by atoms with Crippen LogP contribution in [0.1, 0.15) is 213 Å². The number of hydrogen-bond donors (Lipinski definition) is 6. The van der Waals surface area contributed by atoms with Crippen LogP contribution in [0.5, 0.6) is 34.5 Å². The Labute approximate surface area is 781 Å². The van der Waals surface area contributed by atoms with Crippen molar-refractivity contribution in [1.29, 1.82) is 0 Å². The highest BCUT2D eigenvalue weighted by atomic mass is 19.4. The number of nitrogens with one attached hydrogen (secondary N) is 6. The minimum Gasteiger partial charge on any atom is -0.486 e. The second kappa shape index (κ2) is 54.1. The van der Waals surface area contributed by atoms with Gasteiger partial charge in [-0.3, -0.25) is 0 Å². The number of ether oxygens (including phenoxy) is 6. The Balaban J connectivity index is 0.000000280. The molecule has 0 heterocycles. The third kappa shape index (κ3) is 35.0. The fraction of sp³-hybridized carbons (Fsp3) is 0.294. The van der Waals surface area contributed by atoms with Gasteiger partial charge in [-0.05, 0) is 237 Å². The van der Waals surface area contributed by atoms with Crippen LogP contribution in [0.25, 0.3) is 0 Å². The first-order valence-corrected chi connectivity index (χ1v) is 36.1. The molecule has 12 aromatic carbocycles. The molecular weight excluding hydrogens is 1520 g/mol. The summed E-state index contributed by atoms with van der Waals surface area (Å²) in [6, 6.07) is 41.8. The van der Waals surface area contributed by atoms with Crippen LogP contribution in [0.2, 0.25) is 0 Å². The molecule has 0 aromatic heterocycles. The van der Waals surface area contributed by atoms with Gasteiger partial charge in [-0.15, -0.1) is 0 Å². The molecule has 0 aliphatic heterocycles. The molecule has 0 bridgehead atoms. The number of alkyl halides is 6. The van der Waals surface area contributed by atoms with Gasteiger partial charge < -0.3 is 60.3 Å². The van der Waals surface area contributed by atoms with E-state index in [-0.39, 0.29) is 19.1 Å². The Kier molecular flexibility index (Phi) is 20.5. The maximum Gasteiger partial charge on any atom is 0.416 e. The number of rotatable bonds is 36. The second-order valence-electron chi connectivity index (χ2n) is 24.3. The molecule has 6 N–H and O–H groups in total. The van der Waals surface area contributed by atoms with Gasteiger partial charge in [0.2, 0.25) is 0 Å². The number of hydrogen-bond acceptors (Lipinski definition) is 12. The number of halogens is 6. The van der Waals surface area contributed by atoms with Gasteiger partial charge in [0.05, 0.1) is 38.5 Å². The summed E-state index contributed by atoms with van der Waals surface area (Å²) < 4.78 is 517. The fourth-order valence-electron chi connectivity index (χ4n) is 9.92. The molecular formula is C102H120F6N6O6. The molecule has 636 valence electrons. The van der Waals surface area contributed by atoms with Gasteiger partial charge in [-0.2, -0.15) is 26.3 Å². The lowest BCUT2D eigenvalue weighted by Crippen LogP contribution is -2.16. The Morgan fingerprint density at radius 2 is 0.592 bits per heavy atom. The summed E-state index contributed by atoms with van der Waals surface area (Å²) >= 11 is 0. The van der Waals surface area contributed by atoms with Crippen molar-refractivity contribution in [1.82, 2.24) is 31.9 Å². The van der Waals surface area contributed by atoms with E-state index in [9.17, 15) is 26.3 Å². The van der Waals surface area contributed by atoms with Crippen LogP contribution < -0.4 is 60.3 Å². The molecule has 18 heteroatoms. The first-order valence-electron chi connectivity index (χ1n) is 62.1. The number of benzene rings is 12. The van der Waals surface area contributed by atoms with E-state index in [0.717, 1.165) is 39.1 Å². The third-order valence-electron chi connectivity index (χ3n) is 15.8. The summed E-state index contributed by atoms with van der Waals surface area (Å²) in [5.74, 6) is -0.455. The van der Waals surface area contributed by atoms with E-state index >= 15 is 0 Å². The largest absolute Gasteiger partial charge is 0.486 e. The van der Waals surface area contributed by atoms with Crippen molar-refractivity contribution in [3.05, 3.63) is 394 Å². The molecule has 6 atom stereocenters. The maximum atomic E-state index is 13.4. The molecule has 12 rings (SSSR count). The molecule has 6 unspecified atom stereocenters. The molecule has 0 aliphatic rings. The molecule has 0 spiro atoms. The van der Waals surface area contributed by atoms with Gasteiger partial charge in [0.15, 0.2) is 0 Å². The van der Waals surface area contributed by atoms with Gasteiger partial charge in [-0.25, -0.2) is 0 Å². The monoisotopic (exact) mass is 1690 g/mol. The van der Waals surface area contributed by atoms with Gasteiger partial charge in [0.25, 0.3) is 0 Å². The molecule has 0 saturated carbocycles. The van der Waals surface area contributed by atoms with Crippen LogP contribution in [-0.4, -0.2) is 80.9 Å². The van der Waals surface area contributed by atoms with E-state index in [1.54, 1.807) is 91.1 Å². The fourth-order valence-corrected chi connectivity index (χ4v) is 9.92. The van der Waals surface area contributed by atoms with Crippen molar-refractivity contribution in [2.24, 2.45) is 0 Å². The maximum absolute atomic E-state index is 13.4. The Morgan fingerprint density at radius 1 is 0.292 bits per heavy atom. The lowest BCUT2D eigenvalue weighted by atomic mass is 10.1. The smallest absolute Gasteiger partial charge is 0.416 e. The van der Waals surface area contributed by atoms with Crippen LogP contribution in [0.3, 0.4) is 0 Å². The summed E-state index contributed by atoms with van der Waals surface area (Å²) in [6.07, 6.45) is -31.0. The predicted octanol–water partition coefficient (Wildman–Crippen LogP) is 23.8. The van der Waals surface area contributed by atoms with Crippen molar-refractivity contribution < 1.29 is 126 Å². The van der Waals surface area contributed by atoms with Crippen LogP contribution in [0.4, 0.5) is 26.3 Å².